The molecule has 4 heteroatoms. The van der Waals surface area contributed by atoms with E-state index in [1.165, 1.54) is 120 Å². The number of benzene rings is 18. The van der Waals surface area contributed by atoms with Crippen molar-refractivity contribution in [2.24, 2.45) is 0 Å². The zero-order valence-corrected chi connectivity index (χ0v) is 54.6. The van der Waals surface area contributed by atoms with E-state index >= 15 is 0 Å². The van der Waals surface area contributed by atoms with E-state index in [9.17, 15) is 0 Å². The lowest BCUT2D eigenvalue weighted by atomic mass is 9.99. The van der Waals surface area contributed by atoms with Crippen molar-refractivity contribution in [2.45, 2.75) is 0 Å². The van der Waals surface area contributed by atoms with Gasteiger partial charge in [-0.05, 0) is 225 Å². The van der Waals surface area contributed by atoms with Crippen LogP contribution in [-0.4, -0.2) is 14.1 Å². The van der Waals surface area contributed by atoms with Gasteiger partial charge in [-0.2, -0.15) is 0 Å². The predicted octanol–water partition coefficient (Wildman–Crippen LogP) is 26.4. The van der Waals surface area contributed by atoms with E-state index in [1.807, 2.05) is 0 Å². The summed E-state index contributed by atoms with van der Waals surface area (Å²) in [5, 5.41) is 19.9. The standard InChI is InChI=1S/2C47H34N2/c1-48(47-45-16-8-6-14-39(45)30-40-15-7-9-17-46(40)47)41-24-18-35(19-25-41)36-20-26-42(27-21-36)49(43-28-22-33-10-2-4-12-37(33)31-43)44-29-23-34-11-3-5-13-38(34)32-44;1-48(45-25-20-41-28-37-10-6-7-11-38(37)29-42(41)32-45)43-21-14-35(15-22-43)36-16-23-44(24-17-36)49(46-26-18-33-8-2-4-12-39(33)30-46)47-27-19-34-9-3-5-13-40(34)31-47/h2*2-32H,1H3. The lowest BCUT2D eigenvalue weighted by Gasteiger charge is -2.26. The Morgan fingerprint density at radius 2 is 0.378 bits per heavy atom. The molecule has 0 aromatic heterocycles. The van der Waals surface area contributed by atoms with Crippen molar-refractivity contribution < 1.29 is 0 Å². The highest BCUT2D eigenvalue weighted by Gasteiger charge is 2.19. The molecule has 0 saturated carbocycles. The smallest absolute Gasteiger partial charge is 0.0567 e. The molecule has 0 heterocycles. The summed E-state index contributed by atoms with van der Waals surface area (Å²) in [4.78, 5) is 9.29. The average Bonchev–Trinajstić information content (AvgIpc) is 0.778. The SMILES string of the molecule is CN(c1ccc(-c2ccc(N(c3ccc4ccccc4c3)c3ccc4ccccc4c3)cc2)cc1)c1c2ccccc2cc2ccccc12.CN(c1ccc(-c2ccc(N(c3ccc4ccccc4c3)c3ccc4ccccc4c3)cc2)cc1)c1ccc2cc3ccccc3cc2c1. The fraction of sp³-hybridized carbons (Fsp3) is 0.0213. The molecule has 0 spiro atoms. The number of rotatable bonds is 12. The summed E-state index contributed by atoms with van der Waals surface area (Å²) in [5.74, 6) is 0. The van der Waals surface area contributed by atoms with Crippen LogP contribution in [0.15, 0.2) is 376 Å². The second-order valence-corrected chi connectivity index (χ2v) is 25.5. The van der Waals surface area contributed by atoms with Crippen LogP contribution < -0.4 is 19.6 Å². The van der Waals surface area contributed by atoms with Crippen molar-refractivity contribution in [3.8, 4) is 22.3 Å². The summed E-state index contributed by atoms with van der Waals surface area (Å²) in [6, 6.07) is 136. The topological polar surface area (TPSA) is 13.0 Å². The molecular formula is C94H68N4. The molecule has 18 rings (SSSR count). The third-order valence-corrected chi connectivity index (χ3v) is 19.5. The maximum atomic E-state index is 2.36. The molecule has 18 aromatic carbocycles. The third-order valence-electron chi connectivity index (χ3n) is 19.5. The molecule has 0 N–H and O–H groups in total. The Bertz CT molecular complexity index is 5770. The first-order chi connectivity index (χ1) is 48.3. The van der Waals surface area contributed by atoms with Crippen LogP contribution in [0.3, 0.4) is 0 Å². The second kappa shape index (κ2) is 25.5. The third kappa shape index (κ3) is 11.5. The quantitative estimate of drug-likeness (QED) is 0.113. The number of nitrogens with zero attached hydrogens (tertiary/aromatic N) is 4. The molecule has 464 valence electrons. The van der Waals surface area contributed by atoms with Gasteiger partial charge in [0.1, 0.15) is 0 Å². The van der Waals surface area contributed by atoms with Gasteiger partial charge in [-0.1, -0.05) is 249 Å². The van der Waals surface area contributed by atoms with Crippen molar-refractivity contribution in [1.29, 1.82) is 0 Å². The molecule has 98 heavy (non-hydrogen) atoms. The van der Waals surface area contributed by atoms with Crippen LogP contribution in [0.25, 0.3) is 108 Å². The lowest BCUT2D eigenvalue weighted by molar-refractivity contribution is 1.21. The van der Waals surface area contributed by atoms with Crippen molar-refractivity contribution in [1.82, 2.24) is 0 Å². The largest absolute Gasteiger partial charge is 0.345 e. The molecule has 0 aliphatic heterocycles. The van der Waals surface area contributed by atoms with E-state index in [-0.39, 0.29) is 0 Å². The minimum Gasteiger partial charge on any atom is -0.345 e. The van der Waals surface area contributed by atoms with Crippen molar-refractivity contribution in [2.75, 3.05) is 33.7 Å². The van der Waals surface area contributed by atoms with E-state index in [0.717, 1.165) is 45.5 Å². The lowest BCUT2D eigenvalue weighted by Crippen LogP contribution is -2.10. The average molecular weight is 1250 g/mol. The fourth-order valence-electron chi connectivity index (χ4n) is 14.3. The van der Waals surface area contributed by atoms with Crippen LogP contribution in [0, 0.1) is 0 Å². The van der Waals surface area contributed by atoms with Crippen LogP contribution in [-0.2, 0) is 0 Å². The Labute approximate surface area is 571 Å². The molecular weight excluding hydrogens is 1190 g/mol. The molecule has 18 aromatic rings. The second-order valence-electron chi connectivity index (χ2n) is 25.5. The Kier molecular flexibility index (Phi) is 15.4. The summed E-state index contributed by atoms with van der Waals surface area (Å²) < 4.78 is 0. The molecule has 0 saturated heterocycles. The highest BCUT2D eigenvalue weighted by Crippen LogP contribution is 2.43. The molecule has 0 fully saturated rings. The zero-order valence-electron chi connectivity index (χ0n) is 54.6. The molecule has 4 nitrogen and oxygen atoms in total. The van der Waals surface area contributed by atoms with Gasteiger partial charge in [0, 0.05) is 76.1 Å². The normalized spacial score (nSPS) is 11.4. The van der Waals surface area contributed by atoms with Gasteiger partial charge in [0.15, 0.2) is 0 Å². The van der Waals surface area contributed by atoms with E-state index in [1.54, 1.807) is 0 Å². The van der Waals surface area contributed by atoms with Crippen LogP contribution in [0.5, 0.6) is 0 Å². The van der Waals surface area contributed by atoms with Gasteiger partial charge < -0.3 is 19.6 Å². The van der Waals surface area contributed by atoms with Gasteiger partial charge in [0.05, 0.1) is 5.69 Å². The van der Waals surface area contributed by atoms with Crippen LogP contribution >= 0.6 is 0 Å². The van der Waals surface area contributed by atoms with E-state index in [2.05, 4.69) is 410 Å². The van der Waals surface area contributed by atoms with Gasteiger partial charge in [-0.25, -0.2) is 0 Å². The molecule has 0 amide bonds. The summed E-state index contributed by atoms with van der Waals surface area (Å²) >= 11 is 0. The van der Waals surface area contributed by atoms with E-state index < -0.39 is 0 Å². The molecule has 0 bridgehead atoms. The maximum absolute atomic E-state index is 2.36. The van der Waals surface area contributed by atoms with Crippen LogP contribution in [0.4, 0.5) is 56.9 Å². The van der Waals surface area contributed by atoms with Crippen LogP contribution in [0.2, 0.25) is 0 Å². The molecule has 0 atom stereocenters. The molecule has 0 aliphatic carbocycles. The number of anilines is 10. The first kappa shape index (κ1) is 59.0. The monoisotopic (exact) mass is 1250 g/mol. The number of fused-ring (bicyclic) bond motifs is 8. The maximum Gasteiger partial charge on any atom is 0.0567 e. The van der Waals surface area contributed by atoms with E-state index in [4.69, 9.17) is 0 Å². The minimum atomic E-state index is 1.12. The zero-order chi connectivity index (χ0) is 65.5. The van der Waals surface area contributed by atoms with Crippen molar-refractivity contribution >= 4 is 143 Å². The van der Waals surface area contributed by atoms with Gasteiger partial charge in [-0.3, -0.25) is 0 Å². The molecule has 0 aliphatic rings. The fourth-order valence-corrected chi connectivity index (χ4v) is 14.3. The van der Waals surface area contributed by atoms with Crippen molar-refractivity contribution in [3.05, 3.63) is 376 Å². The Hall–Kier alpha value is -12.8. The van der Waals surface area contributed by atoms with E-state index in [0.29, 0.717) is 0 Å². The summed E-state index contributed by atoms with van der Waals surface area (Å²) in [7, 11) is 4.31. The highest BCUT2D eigenvalue weighted by atomic mass is 15.1. The van der Waals surface area contributed by atoms with Crippen molar-refractivity contribution in [3.63, 3.8) is 0 Å². The Balaban J connectivity index is 0.000000147. The van der Waals surface area contributed by atoms with Gasteiger partial charge in [0.2, 0.25) is 0 Å². The number of hydrogen-bond donors (Lipinski definition) is 0. The van der Waals surface area contributed by atoms with Gasteiger partial charge in [-0.15, -0.1) is 0 Å². The first-order valence-electron chi connectivity index (χ1n) is 33.6. The summed E-state index contributed by atoms with van der Waals surface area (Å²) in [5.41, 5.74) is 16.2. The minimum absolute atomic E-state index is 1.12. The first-order valence-corrected chi connectivity index (χ1v) is 33.6. The molecule has 0 radical (unpaired) electrons. The summed E-state index contributed by atoms with van der Waals surface area (Å²) in [6.45, 7) is 0. The number of hydrogen-bond acceptors (Lipinski definition) is 4. The van der Waals surface area contributed by atoms with Gasteiger partial charge >= 0.3 is 0 Å². The Morgan fingerprint density at radius 3 is 0.735 bits per heavy atom. The van der Waals surface area contributed by atoms with Crippen LogP contribution in [0.1, 0.15) is 0 Å². The Morgan fingerprint density at radius 1 is 0.153 bits per heavy atom. The predicted molar refractivity (Wildman–Crippen MR) is 422 cm³/mol. The van der Waals surface area contributed by atoms with Gasteiger partial charge in [0.25, 0.3) is 0 Å². The highest BCUT2D eigenvalue weighted by molar-refractivity contribution is 6.12. The summed E-state index contributed by atoms with van der Waals surface area (Å²) in [6.07, 6.45) is 0. The molecule has 0 unspecified atom stereocenters.